The molecule has 2 nitrogen and oxygen atoms in total. The topological polar surface area (TPSA) is 22.1 Å². The Labute approximate surface area is 71.4 Å². The fraction of sp³-hybridized carbons (Fsp3) is 0.400. The highest BCUT2D eigenvalue weighted by Gasteiger charge is 2.02. The molecule has 1 heterocycles. The van der Waals surface area contributed by atoms with E-state index in [1.807, 2.05) is 6.92 Å². The van der Waals surface area contributed by atoms with E-state index in [2.05, 4.69) is 27.6 Å². The van der Waals surface area contributed by atoms with Crippen molar-refractivity contribution in [3.8, 4) is 5.19 Å². The zero-order chi connectivity index (χ0) is 6.85. The number of hydrogen-bond donors (Lipinski definition) is 0. The number of nitrogens with zero attached hydrogens (tertiary/aromatic N) is 1. The van der Waals surface area contributed by atoms with Crippen molar-refractivity contribution in [2.45, 2.75) is 6.92 Å². The fourth-order valence-electron chi connectivity index (χ4n) is 0.442. The minimum Gasteiger partial charge on any atom is -0.473 e. The van der Waals surface area contributed by atoms with E-state index in [1.165, 1.54) is 2.88 Å². The Morgan fingerprint density at radius 1 is 1.67 bits per heavy atom. The monoisotopic (exact) mass is 255 g/mol. The maximum atomic E-state index is 4.92. The summed E-state index contributed by atoms with van der Waals surface area (Å²) in [6.45, 7) is 1.97. The molecule has 50 valence electrons. The van der Waals surface area contributed by atoms with Crippen LogP contribution in [0.2, 0.25) is 0 Å². The lowest BCUT2D eigenvalue weighted by molar-refractivity contribution is 0.411. The summed E-state index contributed by atoms with van der Waals surface area (Å²) >= 11 is 3.81. The van der Waals surface area contributed by atoms with E-state index >= 15 is 0 Å². The van der Waals surface area contributed by atoms with Crippen molar-refractivity contribution >= 4 is 33.9 Å². The average Bonchev–Trinajstić information content (AvgIpc) is 2.13. The summed E-state index contributed by atoms with van der Waals surface area (Å²) in [5, 5.41) is 0.747. The van der Waals surface area contributed by atoms with Crippen molar-refractivity contribution in [2.75, 3.05) is 7.11 Å². The van der Waals surface area contributed by atoms with Crippen LogP contribution in [0.15, 0.2) is 0 Å². The Morgan fingerprint density at radius 2 is 2.33 bits per heavy atom. The van der Waals surface area contributed by atoms with Crippen molar-refractivity contribution in [3.63, 3.8) is 0 Å². The van der Waals surface area contributed by atoms with Gasteiger partial charge in [0.15, 0.2) is 0 Å². The Hall–Kier alpha value is 0.160. The van der Waals surface area contributed by atoms with Gasteiger partial charge in [0.05, 0.1) is 15.7 Å². The molecule has 0 aliphatic heterocycles. The number of halogens is 1. The molecule has 0 fully saturated rings. The molecular formula is C5H6INOS. The number of methoxy groups -OCH3 is 1. The smallest absolute Gasteiger partial charge is 0.274 e. The molecule has 0 N–H and O–H groups in total. The lowest BCUT2D eigenvalue weighted by atomic mass is 10.6. The van der Waals surface area contributed by atoms with Crippen LogP contribution < -0.4 is 4.74 Å². The first kappa shape index (κ1) is 7.27. The summed E-state index contributed by atoms with van der Waals surface area (Å²) < 4.78 is 6.12. The molecule has 0 radical (unpaired) electrons. The quantitative estimate of drug-likeness (QED) is 0.716. The van der Waals surface area contributed by atoms with Gasteiger partial charge >= 0.3 is 0 Å². The van der Waals surface area contributed by atoms with Crippen LogP contribution in [0, 0.1) is 9.81 Å². The molecule has 0 bridgehead atoms. The summed E-state index contributed by atoms with van der Waals surface area (Å²) in [7, 11) is 1.63. The van der Waals surface area contributed by atoms with E-state index in [0.717, 1.165) is 10.9 Å². The van der Waals surface area contributed by atoms with Crippen molar-refractivity contribution in [2.24, 2.45) is 0 Å². The molecule has 4 heteroatoms. The van der Waals surface area contributed by atoms with Crippen molar-refractivity contribution < 1.29 is 4.74 Å². The van der Waals surface area contributed by atoms with Gasteiger partial charge in [0.25, 0.3) is 5.19 Å². The highest BCUT2D eigenvalue weighted by Crippen LogP contribution is 2.24. The highest BCUT2D eigenvalue weighted by atomic mass is 127. The molecule has 1 aromatic rings. The summed E-state index contributed by atoms with van der Waals surface area (Å²) in [5.74, 6) is 0. The third kappa shape index (κ3) is 1.54. The minimum atomic E-state index is 0.747. The first-order valence-corrected chi connectivity index (χ1v) is 4.30. The molecule has 0 unspecified atom stereocenters. The van der Waals surface area contributed by atoms with Gasteiger partial charge in [-0.2, -0.15) is 0 Å². The van der Waals surface area contributed by atoms with Crippen LogP contribution in [-0.2, 0) is 0 Å². The van der Waals surface area contributed by atoms with E-state index in [0.29, 0.717) is 0 Å². The van der Waals surface area contributed by atoms with Gasteiger partial charge in [0, 0.05) is 0 Å². The second-order valence-electron chi connectivity index (χ2n) is 1.54. The number of aryl methyl sites for hydroxylation is 1. The SMILES string of the molecule is COc1nc(C)c(I)s1. The third-order valence-electron chi connectivity index (χ3n) is 0.895. The standard InChI is InChI=1S/C5H6INOS/c1-3-4(6)9-5(7-3)8-2/h1-2H3. The molecule has 0 aliphatic carbocycles. The van der Waals surface area contributed by atoms with Gasteiger partial charge in [-0.25, -0.2) is 4.98 Å². The number of ether oxygens (including phenoxy) is 1. The largest absolute Gasteiger partial charge is 0.473 e. The molecule has 0 spiro atoms. The second-order valence-corrected chi connectivity index (χ2v) is 4.32. The van der Waals surface area contributed by atoms with Crippen molar-refractivity contribution in [1.82, 2.24) is 4.98 Å². The van der Waals surface area contributed by atoms with Gasteiger partial charge in [-0.05, 0) is 29.5 Å². The third-order valence-corrected chi connectivity index (χ3v) is 3.24. The predicted octanol–water partition coefficient (Wildman–Crippen LogP) is 2.06. The molecule has 1 aromatic heterocycles. The van der Waals surface area contributed by atoms with E-state index in [1.54, 1.807) is 18.4 Å². The van der Waals surface area contributed by atoms with Crippen LogP contribution in [0.3, 0.4) is 0 Å². The van der Waals surface area contributed by atoms with E-state index in [4.69, 9.17) is 4.74 Å². The molecule has 0 amide bonds. The molecule has 0 saturated heterocycles. The maximum Gasteiger partial charge on any atom is 0.274 e. The molecule has 0 aliphatic rings. The molecule has 9 heavy (non-hydrogen) atoms. The molecule has 1 rings (SSSR count). The second kappa shape index (κ2) is 2.83. The van der Waals surface area contributed by atoms with Gasteiger partial charge in [0.2, 0.25) is 0 Å². The number of rotatable bonds is 1. The average molecular weight is 255 g/mol. The van der Waals surface area contributed by atoms with E-state index < -0.39 is 0 Å². The molecule has 0 atom stereocenters. The summed E-state index contributed by atoms with van der Waals surface area (Å²) in [5.41, 5.74) is 1.05. The van der Waals surface area contributed by atoms with Crippen LogP contribution in [0.25, 0.3) is 0 Å². The van der Waals surface area contributed by atoms with Crippen molar-refractivity contribution in [3.05, 3.63) is 8.58 Å². The van der Waals surface area contributed by atoms with Gasteiger partial charge in [0.1, 0.15) is 0 Å². The minimum absolute atomic E-state index is 0.747. The Balaban J connectivity index is 2.98. The number of aromatic nitrogens is 1. The lowest BCUT2D eigenvalue weighted by Gasteiger charge is -1.85. The van der Waals surface area contributed by atoms with Gasteiger partial charge in [-0.3, -0.25) is 0 Å². The van der Waals surface area contributed by atoms with Crippen LogP contribution in [0.5, 0.6) is 5.19 Å². The Kier molecular flexibility index (Phi) is 2.29. The first-order chi connectivity index (χ1) is 4.24. The van der Waals surface area contributed by atoms with E-state index in [-0.39, 0.29) is 0 Å². The zero-order valence-electron chi connectivity index (χ0n) is 5.14. The normalized spacial score (nSPS) is 9.67. The van der Waals surface area contributed by atoms with E-state index in [9.17, 15) is 0 Å². The summed E-state index contributed by atoms with van der Waals surface area (Å²) in [4.78, 5) is 4.12. The maximum absolute atomic E-state index is 4.92. The first-order valence-electron chi connectivity index (χ1n) is 2.41. The van der Waals surface area contributed by atoms with Crippen LogP contribution in [-0.4, -0.2) is 12.1 Å². The Morgan fingerprint density at radius 3 is 2.56 bits per heavy atom. The van der Waals surface area contributed by atoms with Crippen LogP contribution >= 0.6 is 33.9 Å². The zero-order valence-corrected chi connectivity index (χ0v) is 8.12. The van der Waals surface area contributed by atoms with Gasteiger partial charge in [-0.15, -0.1) is 0 Å². The molecule has 0 aromatic carbocycles. The number of thiazole rings is 1. The number of hydrogen-bond acceptors (Lipinski definition) is 3. The van der Waals surface area contributed by atoms with Crippen LogP contribution in [0.1, 0.15) is 5.69 Å². The molecule has 0 saturated carbocycles. The summed E-state index contributed by atoms with van der Waals surface area (Å²) in [6, 6.07) is 0. The predicted molar refractivity (Wildman–Crippen MR) is 46.1 cm³/mol. The van der Waals surface area contributed by atoms with Crippen molar-refractivity contribution in [1.29, 1.82) is 0 Å². The van der Waals surface area contributed by atoms with Gasteiger partial charge in [-0.1, -0.05) is 11.3 Å². The fourth-order valence-corrected chi connectivity index (χ4v) is 1.74. The van der Waals surface area contributed by atoms with Crippen LogP contribution in [0.4, 0.5) is 0 Å². The summed E-state index contributed by atoms with van der Waals surface area (Å²) in [6.07, 6.45) is 0. The van der Waals surface area contributed by atoms with Gasteiger partial charge < -0.3 is 4.74 Å². The molecular weight excluding hydrogens is 249 g/mol. The highest BCUT2D eigenvalue weighted by molar-refractivity contribution is 14.1. The Bertz CT molecular complexity index is 191. The lowest BCUT2D eigenvalue weighted by Crippen LogP contribution is -1.79.